The zero-order valence-corrected chi connectivity index (χ0v) is 13.8. The third kappa shape index (κ3) is 4.66. The van der Waals surface area contributed by atoms with Crippen LogP contribution in [0.15, 0.2) is 35.4 Å². The minimum atomic E-state index is -1.61. The second-order valence-corrected chi connectivity index (χ2v) is 6.22. The summed E-state index contributed by atoms with van der Waals surface area (Å²) in [6.07, 6.45) is 3.77. The molecule has 2 heterocycles. The molecular weight excluding hydrogens is 309 g/mol. The van der Waals surface area contributed by atoms with Gasteiger partial charge >= 0.3 is 7.12 Å². The van der Waals surface area contributed by atoms with Crippen LogP contribution in [0, 0.1) is 5.92 Å². The van der Waals surface area contributed by atoms with Crippen molar-refractivity contribution in [2.45, 2.75) is 39.2 Å². The smallest absolute Gasteiger partial charge is 0.426 e. The van der Waals surface area contributed by atoms with Gasteiger partial charge in [-0.15, -0.1) is 0 Å². The molecule has 0 aliphatic carbocycles. The van der Waals surface area contributed by atoms with Gasteiger partial charge in [-0.05, 0) is 30.5 Å². The number of aryl methyl sites for hydroxylation is 1. The lowest BCUT2D eigenvalue weighted by Crippen LogP contribution is -2.47. The van der Waals surface area contributed by atoms with Crippen LogP contribution in [0.2, 0.25) is 0 Å². The highest BCUT2D eigenvalue weighted by Crippen LogP contribution is 2.07. The normalized spacial score (nSPS) is 12.4. The average molecular weight is 331 g/mol. The van der Waals surface area contributed by atoms with Crippen LogP contribution in [-0.4, -0.2) is 38.6 Å². The molecule has 3 N–H and O–H groups in total. The number of carbonyl (C=O) groups is 1. The van der Waals surface area contributed by atoms with E-state index in [1.807, 2.05) is 13.8 Å². The molecule has 7 nitrogen and oxygen atoms in total. The molecule has 0 fully saturated rings. The molecule has 0 radical (unpaired) electrons. The molecule has 2 rings (SSSR count). The predicted molar refractivity (Wildman–Crippen MR) is 92.2 cm³/mol. The van der Waals surface area contributed by atoms with Gasteiger partial charge in [0.05, 0.1) is 16.8 Å². The van der Waals surface area contributed by atoms with Gasteiger partial charge in [-0.3, -0.25) is 14.6 Å². The topological polar surface area (TPSA) is 104 Å². The van der Waals surface area contributed by atoms with E-state index in [0.29, 0.717) is 17.3 Å². The van der Waals surface area contributed by atoms with E-state index in [0.717, 1.165) is 0 Å². The van der Waals surface area contributed by atoms with Crippen LogP contribution >= 0.6 is 0 Å². The first-order chi connectivity index (χ1) is 11.4. The van der Waals surface area contributed by atoms with Crippen molar-refractivity contribution in [1.82, 2.24) is 14.9 Å². The summed E-state index contributed by atoms with van der Waals surface area (Å²) in [4.78, 5) is 28.5. The average Bonchev–Trinajstić information content (AvgIpc) is 2.53. The number of aromatic nitrogens is 2. The molecule has 0 bridgehead atoms. The summed E-state index contributed by atoms with van der Waals surface area (Å²) in [7, 11) is -1.61. The Balaban J connectivity index is 2.01. The lowest BCUT2D eigenvalue weighted by Gasteiger charge is -2.19. The maximum Gasteiger partial charge on any atom is 0.475 e. The summed E-state index contributed by atoms with van der Waals surface area (Å²) >= 11 is 0. The molecule has 8 heteroatoms. The number of amides is 1. The first kappa shape index (κ1) is 18.2. The maximum atomic E-state index is 12.3. The van der Waals surface area contributed by atoms with Gasteiger partial charge in [0.1, 0.15) is 0 Å². The summed E-state index contributed by atoms with van der Waals surface area (Å²) in [5, 5.41) is 21.8. The SMILES string of the molecule is CC(C)CC(NC(=O)CCn1ccc2ncccc2c1=O)B(O)O. The zero-order valence-electron chi connectivity index (χ0n) is 13.8. The number of fused-ring (bicyclic) bond motifs is 1. The summed E-state index contributed by atoms with van der Waals surface area (Å²) in [5.41, 5.74) is 0.415. The monoisotopic (exact) mass is 331 g/mol. The maximum absolute atomic E-state index is 12.3. The fourth-order valence-electron chi connectivity index (χ4n) is 2.55. The van der Waals surface area contributed by atoms with E-state index in [4.69, 9.17) is 0 Å². The van der Waals surface area contributed by atoms with Gasteiger partial charge in [0.15, 0.2) is 0 Å². The third-order valence-electron chi connectivity index (χ3n) is 3.75. The predicted octanol–water partition coefficient (Wildman–Crippen LogP) is 0.330. The molecule has 0 spiro atoms. The fourth-order valence-corrected chi connectivity index (χ4v) is 2.55. The Labute approximate surface area is 140 Å². The Morgan fingerprint density at radius 3 is 2.79 bits per heavy atom. The first-order valence-electron chi connectivity index (χ1n) is 7.98. The van der Waals surface area contributed by atoms with Gasteiger partial charge in [-0.2, -0.15) is 0 Å². The van der Waals surface area contributed by atoms with Crippen molar-refractivity contribution in [3.63, 3.8) is 0 Å². The standard InChI is InChI=1S/C16H22BN3O4/c1-11(2)10-14(17(23)24)19-15(21)6-9-20-8-5-13-12(16(20)22)4-3-7-18-13/h3-5,7-8,11,14,23-24H,6,9-10H2,1-2H3,(H,19,21). The van der Waals surface area contributed by atoms with Crippen molar-refractivity contribution in [2.24, 2.45) is 5.92 Å². The van der Waals surface area contributed by atoms with Crippen molar-refractivity contribution in [1.29, 1.82) is 0 Å². The summed E-state index contributed by atoms with van der Waals surface area (Å²) in [5.74, 6) is -0.824. The molecule has 2 aromatic heterocycles. The van der Waals surface area contributed by atoms with Crippen LogP contribution in [0.1, 0.15) is 26.7 Å². The first-order valence-corrected chi connectivity index (χ1v) is 7.98. The van der Waals surface area contributed by atoms with Crippen LogP contribution in [0.4, 0.5) is 0 Å². The number of hydrogen-bond donors (Lipinski definition) is 3. The third-order valence-corrected chi connectivity index (χ3v) is 3.75. The van der Waals surface area contributed by atoms with E-state index < -0.39 is 13.1 Å². The molecule has 0 aromatic carbocycles. The number of nitrogens with one attached hydrogen (secondary N) is 1. The largest absolute Gasteiger partial charge is 0.475 e. The zero-order chi connectivity index (χ0) is 17.7. The molecular formula is C16H22BN3O4. The van der Waals surface area contributed by atoms with Gasteiger partial charge in [-0.1, -0.05) is 13.8 Å². The minimum absolute atomic E-state index is 0.0764. The molecule has 2 aromatic rings. The molecule has 0 saturated carbocycles. The van der Waals surface area contributed by atoms with Crippen LogP contribution in [0.5, 0.6) is 0 Å². The van der Waals surface area contributed by atoms with Crippen LogP contribution in [0.25, 0.3) is 10.9 Å². The van der Waals surface area contributed by atoms with Crippen LogP contribution in [0.3, 0.4) is 0 Å². The van der Waals surface area contributed by atoms with Crippen LogP contribution in [-0.2, 0) is 11.3 Å². The Morgan fingerprint density at radius 1 is 1.38 bits per heavy atom. The Hall–Kier alpha value is -2.19. The van der Waals surface area contributed by atoms with E-state index in [1.165, 1.54) is 4.57 Å². The van der Waals surface area contributed by atoms with E-state index in [9.17, 15) is 19.6 Å². The van der Waals surface area contributed by atoms with E-state index >= 15 is 0 Å². The van der Waals surface area contributed by atoms with Crippen LogP contribution < -0.4 is 10.9 Å². The van der Waals surface area contributed by atoms with Gasteiger partial charge in [-0.25, -0.2) is 0 Å². The highest BCUT2D eigenvalue weighted by atomic mass is 16.4. The Kier molecular flexibility index (Phi) is 6.11. The van der Waals surface area contributed by atoms with Gasteiger partial charge in [0, 0.05) is 25.4 Å². The second kappa shape index (κ2) is 8.07. The minimum Gasteiger partial charge on any atom is -0.426 e. The van der Waals surface area contributed by atoms with Crippen molar-refractivity contribution < 1.29 is 14.8 Å². The quantitative estimate of drug-likeness (QED) is 0.634. The Morgan fingerprint density at radius 2 is 2.12 bits per heavy atom. The van der Waals surface area contributed by atoms with Gasteiger partial charge in [0.25, 0.3) is 5.56 Å². The van der Waals surface area contributed by atoms with E-state index in [2.05, 4.69) is 10.3 Å². The lowest BCUT2D eigenvalue weighted by molar-refractivity contribution is -0.121. The summed E-state index contributed by atoms with van der Waals surface area (Å²) < 4.78 is 1.45. The highest BCUT2D eigenvalue weighted by Gasteiger charge is 2.25. The molecule has 24 heavy (non-hydrogen) atoms. The summed E-state index contributed by atoms with van der Waals surface area (Å²) in [6.45, 7) is 4.08. The van der Waals surface area contributed by atoms with Crippen molar-refractivity contribution in [2.75, 3.05) is 0 Å². The molecule has 0 saturated heterocycles. The number of nitrogens with zero attached hydrogens (tertiary/aromatic N) is 2. The molecule has 128 valence electrons. The van der Waals surface area contributed by atoms with E-state index in [-0.39, 0.29) is 30.3 Å². The van der Waals surface area contributed by atoms with Gasteiger partial charge < -0.3 is 19.9 Å². The second-order valence-electron chi connectivity index (χ2n) is 6.22. The molecule has 1 amide bonds. The lowest BCUT2D eigenvalue weighted by atomic mass is 9.75. The number of hydrogen-bond acceptors (Lipinski definition) is 5. The number of pyridine rings is 2. The molecule has 1 unspecified atom stereocenters. The van der Waals surface area contributed by atoms with Crippen molar-refractivity contribution in [3.05, 3.63) is 40.9 Å². The molecule has 1 atom stereocenters. The molecule has 0 aliphatic heterocycles. The van der Waals surface area contributed by atoms with E-state index in [1.54, 1.807) is 30.6 Å². The Bertz CT molecular complexity index is 760. The fraction of sp³-hybridized carbons (Fsp3) is 0.438. The number of rotatable bonds is 7. The van der Waals surface area contributed by atoms with Gasteiger partial charge in [0.2, 0.25) is 5.91 Å². The summed E-state index contributed by atoms with van der Waals surface area (Å²) in [6, 6.07) is 5.12. The number of carbonyl (C=O) groups excluding carboxylic acids is 1. The van der Waals surface area contributed by atoms with Crippen molar-refractivity contribution >= 4 is 23.9 Å². The highest BCUT2D eigenvalue weighted by molar-refractivity contribution is 6.43. The molecule has 0 aliphatic rings. The van der Waals surface area contributed by atoms with Crippen molar-refractivity contribution in [3.8, 4) is 0 Å².